The number of nitro benzene ring substituents is 1. The second kappa shape index (κ2) is 4.19. The molecule has 0 aliphatic heterocycles. The van der Waals surface area contributed by atoms with Crippen molar-refractivity contribution in [2.24, 2.45) is 0 Å². The first-order chi connectivity index (χ1) is 6.66. The molecule has 1 aromatic carbocycles. The van der Waals surface area contributed by atoms with Crippen LogP contribution in [0.25, 0.3) is 6.08 Å². The fourth-order valence-corrected chi connectivity index (χ4v) is 1.16. The molecule has 0 saturated carbocycles. The molecule has 0 amide bonds. The zero-order valence-corrected chi connectivity index (χ0v) is 7.60. The highest BCUT2D eigenvalue weighted by molar-refractivity contribution is 5.65. The van der Waals surface area contributed by atoms with Crippen molar-refractivity contribution in [3.63, 3.8) is 0 Å². The van der Waals surface area contributed by atoms with E-state index in [0.29, 0.717) is 5.56 Å². The summed E-state index contributed by atoms with van der Waals surface area (Å²) in [5.41, 5.74) is 1.29. The highest BCUT2D eigenvalue weighted by atomic mass is 16.6. The number of nitriles is 1. The van der Waals surface area contributed by atoms with Gasteiger partial charge in [-0.05, 0) is 18.6 Å². The molecule has 14 heavy (non-hydrogen) atoms. The van der Waals surface area contributed by atoms with Gasteiger partial charge in [0.15, 0.2) is 0 Å². The van der Waals surface area contributed by atoms with E-state index in [0.717, 1.165) is 5.56 Å². The molecule has 70 valence electrons. The summed E-state index contributed by atoms with van der Waals surface area (Å²) in [6.45, 7) is 1.77. The van der Waals surface area contributed by atoms with Crippen molar-refractivity contribution < 1.29 is 4.92 Å². The Balaban J connectivity index is 3.31. The number of nitro groups is 1. The lowest BCUT2D eigenvalue weighted by Crippen LogP contribution is -1.93. The minimum Gasteiger partial charge on any atom is -0.258 e. The molecule has 4 nitrogen and oxygen atoms in total. The van der Waals surface area contributed by atoms with Crippen LogP contribution in [0.3, 0.4) is 0 Å². The maximum atomic E-state index is 10.6. The summed E-state index contributed by atoms with van der Waals surface area (Å²) in [5, 5.41) is 19.0. The average Bonchev–Trinajstić information content (AvgIpc) is 2.15. The smallest absolute Gasteiger partial charge is 0.258 e. The van der Waals surface area contributed by atoms with Gasteiger partial charge in [0.2, 0.25) is 0 Å². The van der Waals surface area contributed by atoms with Crippen LogP contribution in [0.15, 0.2) is 24.3 Å². The molecule has 1 rings (SSSR count). The number of hydrogen-bond acceptors (Lipinski definition) is 3. The minimum atomic E-state index is -0.454. The molecule has 0 N–H and O–H groups in total. The van der Waals surface area contributed by atoms with Crippen molar-refractivity contribution in [2.45, 2.75) is 6.92 Å². The van der Waals surface area contributed by atoms with Gasteiger partial charge < -0.3 is 0 Å². The monoisotopic (exact) mass is 188 g/mol. The Morgan fingerprint density at radius 2 is 2.29 bits per heavy atom. The zero-order valence-electron chi connectivity index (χ0n) is 7.60. The standard InChI is InChI=1S/C10H8N2O2/c1-8-4-2-6-10(12(13)14)9(8)5-3-7-11/h2-6H,1H3. The van der Waals surface area contributed by atoms with Crippen LogP contribution in [0, 0.1) is 28.4 Å². The Hall–Kier alpha value is -2.15. The zero-order chi connectivity index (χ0) is 10.6. The van der Waals surface area contributed by atoms with Crippen molar-refractivity contribution in [3.05, 3.63) is 45.5 Å². The van der Waals surface area contributed by atoms with Gasteiger partial charge >= 0.3 is 0 Å². The van der Waals surface area contributed by atoms with Crippen LogP contribution in [0.4, 0.5) is 5.69 Å². The molecule has 0 atom stereocenters. The minimum absolute atomic E-state index is 0.0245. The van der Waals surface area contributed by atoms with E-state index >= 15 is 0 Å². The lowest BCUT2D eigenvalue weighted by atomic mass is 10.1. The summed E-state index contributed by atoms with van der Waals surface area (Å²) in [4.78, 5) is 10.2. The van der Waals surface area contributed by atoms with Gasteiger partial charge in [-0.1, -0.05) is 12.1 Å². The Bertz CT molecular complexity index is 430. The Labute approximate surface area is 81.2 Å². The van der Waals surface area contributed by atoms with E-state index in [-0.39, 0.29) is 5.69 Å². The number of aryl methyl sites for hydroxylation is 1. The quantitative estimate of drug-likeness (QED) is 0.406. The van der Waals surface area contributed by atoms with E-state index in [2.05, 4.69) is 0 Å². The van der Waals surface area contributed by atoms with Gasteiger partial charge in [0.25, 0.3) is 5.69 Å². The highest BCUT2D eigenvalue weighted by Crippen LogP contribution is 2.22. The molecule has 0 radical (unpaired) electrons. The molecule has 0 fully saturated rings. The van der Waals surface area contributed by atoms with Crippen LogP contribution in [0.5, 0.6) is 0 Å². The summed E-state index contributed by atoms with van der Waals surface area (Å²) < 4.78 is 0. The SMILES string of the molecule is Cc1cccc([N+](=O)[O-])c1C=CC#N. The molecule has 0 aliphatic rings. The topological polar surface area (TPSA) is 66.9 Å². The summed E-state index contributed by atoms with van der Waals surface area (Å²) in [6, 6.07) is 6.62. The van der Waals surface area contributed by atoms with Crippen molar-refractivity contribution in [1.82, 2.24) is 0 Å². The molecular formula is C10H8N2O2. The maximum Gasteiger partial charge on any atom is 0.276 e. The second-order valence-corrected chi connectivity index (χ2v) is 2.73. The predicted octanol–water partition coefficient (Wildman–Crippen LogP) is 2.44. The largest absolute Gasteiger partial charge is 0.276 e. The first kappa shape index (κ1) is 9.93. The Kier molecular flexibility index (Phi) is 2.97. The summed E-state index contributed by atoms with van der Waals surface area (Å²) in [6.07, 6.45) is 2.68. The van der Waals surface area contributed by atoms with Crippen LogP contribution in [-0.4, -0.2) is 4.92 Å². The molecule has 4 heteroatoms. The fraction of sp³-hybridized carbons (Fsp3) is 0.100. The molecule has 0 heterocycles. The molecule has 0 spiro atoms. The predicted molar refractivity (Wildman–Crippen MR) is 52.5 cm³/mol. The van der Waals surface area contributed by atoms with Crippen LogP contribution in [0.1, 0.15) is 11.1 Å². The van der Waals surface area contributed by atoms with Gasteiger partial charge in [0.05, 0.1) is 16.6 Å². The van der Waals surface area contributed by atoms with Crippen LogP contribution in [-0.2, 0) is 0 Å². The molecular weight excluding hydrogens is 180 g/mol. The lowest BCUT2D eigenvalue weighted by Gasteiger charge is -2.00. The van der Waals surface area contributed by atoms with E-state index in [1.165, 1.54) is 18.2 Å². The third-order valence-corrected chi connectivity index (χ3v) is 1.82. The van der Waals surface area contributed by atoms with Crippen molar-refractivity contribution in [1.29, 1.82) is 5.26 Å². The summed E-state index contributed by atoms with van der Waals surface area (Å²) >= 11 is 0. The normalized spacial score (nSPS) is 10.0. The van der Waals surface area contributed by atoms with Gasteiger partial charge in [-0.2, -0.15) is 5.26 Å². The van der Waals surface area contributed by atoms with E-state index in [4.69, 9.17) is 5.26 Å². The van der Waals surface area contributed by atoms with Crippen LogP contribution < -0.4 is 0 Å². The van der Waals surface area contributed by atoms with Crippen molar-refractivity contribution >= 4 is 11.8 Å². The highest BCUT2D eigenvalue weighted by Gasteiger charge is 2.12. The molecule has 0 saturated heterocycles. The summed E-state index contributed by atoms with van der Waals surface area (Å²) in [5.74, 6) is 0. The number of allylic oxidation sites excluding steroid dienone is 1. The molecule has 1 aromatic rings. The van der Waals surface area contributed by atoms with E-state index in [1.54, 1.807) is 25.1 Å². The maximum absolute atomic E-state index is 10.6. The fourth-order valence-electron chi connectivity index (χ4n) is 1.16. The molecule has 0 unspecified atom stereocenters. The number of rotatable bonds is 2. The second-order valence-electron chi connectivity index (χ2n) is 2.73. The third-order valence-electron chi connectivity index (χ3n) is 1.82. The van der Waals surface area contributed by atoms with Crippen LogP contribution in [0.2, 0.25) is 0 Å². The molecule has 0 aromatic heterocycles. The molecule has 0 aliphatic carbocycles. The average molecular weight is 188 g/mol. The van der Waals surface area contributed by atoms with Crippen molar-refractivity contribution in [3.8, 4) is 6.07 Å². The van der Waals surface area contributed by atoms with E-state index in [9.17, 15) is 10.1 Å². The molecule has 0 bridgehead atoms. The third kappa shape index (κ3) is 1.96. The number of nitrogens with zero attached hydrogens (tertiary/aromatic N) is 2. The van der Waals surface area contributed by atoms with E-state index in [1.807, 2.05) is 0 Å². The number of benzene rings is 1. The van der Waals surface area contributed by atoms with Gasteiger partial charge in [-0.15, -0.1) is 0 Å². The lowest BCUT2D eigenvalue weighted by molar-refractivity contribution is -0.385. The Morgan fingerprint density at radius 1 is 1.57 bits per heavy atom. The van der Waals surface area contributed by atoms with Gasteiger partial charge in [0, 0.05) is 12.1 Å². The van der Waals surface area contributed by atoms with Gasteiger partial charge in [0.1, 0.15) is 0 Å². The first-order valence-corrected chi connectivity index (χ1v) is 3.97. The Morgan fingerprint density at radius 3 is 2.86 bits per heavy atom. The summed E-state index contributed by atoms with van der Waals surface area (Å²) in [7, 11) is 0. The van der Waals surface area contributed by atoms with Crippen molar-refractivity contribution in [2.75, 3.05) is 0 Å². The van der Waals surface area contributed by atoms with Crippen LogP contribution >= 0.6 is 0 Å². The van der Waals surface area contributed by atoms with Gasteiger partial charge in [-0.25, -0.2) is 0 Å². The van der Waals surface area contributed by atoms with Gasteiger partial charge in [-0.3, -0.25) is 10.1 Å². The first-order valence-electron chi connectivity index (χ1n) is 3.97. The van der Waals surface area contributed by atoms with E-state index < -0.39 is 4.92 Å². The number of hydrogen-bond donors (Lipinski definition) is 0.